The Morgan fingerprint density at radius 2 is 0.477 bits per heavy atom. The maximum absolute atomic E-state index is 11.9. The van der Waals surface area contributed by atoms with Crippen molar-refractivity contribution < 1.29 is 51.8 Å². The normalized spacial score (nSPS) is 34.3. The molecule has 10 rings (SSSR count). The third-order valence-electron chi connectivity index (χ3n) is 19.9. The minimum atomic E-state index is -0.401. The van der Waals surface area contributed by atoms with Crippen molar-refractivity contribution in [2.75, 3.05) is 39.8 Å². The molecule has 0 heterocycles. The zero-order valence-corrected chi connectivity index (χ0v) is 57.9. The summed E-state index contributed by atoms with van der Waals surface area (Å²) in [5.74, 6) is 5.57. The van der Waals surface area contributed by atoms with Gasteiger partial charge in [-0.15, -0.1) is 0 Å². The fourth-order valence-electron chi connectivity index (χ4n) is 16.3. The molecule has 500 valence electrons. The number of carbonyl (C=O) groups is 5. The Labute approximate surface area is 535 Å². The summed E-state index contributed by atoms with van der Waals surface area (Å²) in [6.07, 6.45) is 35.8. The van der Waals surface area contributed by atoms with Crippen LogP contribution < -0.4 is 28.7 Å². The molecule has 16 nitrogen and oxygen atoms in total. The molecule has 17 heteroatoms. The number of nitrogens with two attached hydrogens (primary N) is 5. The quantitative estimate of drug-likeness (QED) is 0.0292. The molecule has 5 saturated carbocycles. The molecule has 0 amide bonds. The number of allylic oxidation sites excluding steroid dienone is 10. The van der Waals surface area contributed by atoms with Crippen LogP contribution >= 0.6 is 12.9 Å². The lowest BCUT2D eigenvalue weighted by Crippen LogP contribution is -2.51. The molecule has 0 saturated heterocycles. The minimum Gasteiger partial charge on any atom is -0.460 e. The van der Waals surface area contributed by atoms with E-state index in [2.05, 4.69) is 77.9 Å². The highest BCUT2D eigenvalue weighted by molar-refractivity contribution is 7.75. The van der Waals surface area contributed by atoms with Gasteiger partial charge in [0.25, 0.3) is 0 Å². The highest BCUT2D eigenvalue weighted by Gasteiger charge is 2.58. The Balaban J connectivity index is 0.000000198. The maximum atomic E-state index is 11.9. The van der Waals surface area contributed by atoms with Crippen molar-refractivity contribution in [1.29, 1.82) is 0 Å². The lowest BCUT2D eigenvalue weighted by molar-refractivity contribution is -0.163. The summed E-state index contributed by atoms with van der Waals surface area (Å²) < 4.78 is 30.9. The molecule has 0 aliphatic heterocycles. The predicted molar refractivity (Wildman–Crippen MR) is 353 cm³/mol. The van der Waals surface area contributed by atoms with Gasteiger partial charge in [-0.25, -0.2) is 0 Å². The molecule has 0 radical (unpaired) electrons. The van der Waals surface area contributed by atoms with Gasteiger partial charge in [0.1, 0.15) is 28.0 Å². The fraction of sp³-hybridized carbons (Fsp3) is 0.789. The van der Waals surface area contributed by atoms with Crippen LogP contribution in [0.4, 0.5) is 0 Å². The van der Waals surface area contributed by atoms with Gasteiger partial charge in [-0.1, -0.05) is 60.8 Å². The van der Waals surface area contributed by atoms with E-state index in [0.717, 1.165) is 93.8 Å². The predicted octanol–water partition coefficient (Wildman–Crippen LogP) is 11.8. The van der Waals surface area contributed by atoms with Crippen LogP contribution in [0.1, 0.15) is 200 Å². The van der Waals surface area contributed by atoms with Crippen molar-refractivity contribution in [3.8, 4) is 0 Å². The molecule has 5 fully saturated rings. The Kier molecular flexibility index (Phi) is 25.4. The second-order valence-electron chi connectivity index (χ2n) is 32.6. The van der Waals surface area contributed by atoms with Gasteiger partial charge in [0.2, 0.25) is 0 Å². The standard InChI is InChI=1S/5C14H23NO2.CH4OS/c5*1-13(2,3)17-12(16)8-14(9-15)7-10-5-4-6-11(10)14;1-2-3/h5*4,6,10-11H,5,7-9,15H2,1-3H3;3H,1H3/t2*10-,11-,14+;3*10-,11-,14-;/m10110./s1. The molecule has 88 heavy (non-hydrogen) atoms. The summed E-state index contributed by atoms with van der Waals surface area (Å²) >= 11 is 3.29. The lowest BCUT2D eigenvalue weighted by Gasteiger charge is -2.51. The topological polar surface area (TPSA) is 271 Å². The van der Waals surface area contributed by atoms with E-state index in [-0.39, 0.29) is 56.9 Å². The van der Waals surface area contributed by atoms with Gasteiger partial charge < -0.3 is 56.5 Å². The van der Waals surface area contributed by atoms with E-state index >= 15 is 0 Å². The van der Waals surface area contributed by atoms with Crippen LogP contribution in [-0.4, -0.2) is 97.7 Å². The molecule has 10 N–H and O–H groups in total. The van der Waals surface area contributed by atoms with Crippen LogP contribution in [0.15, 0.2) is 60.8 Å². The van der Waals surface area contributed by atoms with Crippen molar-refractivity contribution in [2.45, 2.75) is 228 Å². The first-order chi connectivity index (χ1) is 40.7. The third kappa shape index (κ3) is 19.6. The first kappa shape index (κ1) is 74.9. The van der Waals surface area contributed by atoms with Gasteiger partial charge >= 0.3 is 29.8 Å². The van der Waals surface area contributed by atoms with Crippen LogP contribution in [-0.2, 0) is 51.8 Å². The summed E-state index contributed by atoms with van der Waals surface area (Å²) in [7, 11) is 1.49. The smallest absolute Gasteiger partial charge is 0.306 e. The van der Waals surface area contributed by atoms with Gasteiger partial charge in [-0.05, 0) is 300 Å². The molecular formula is C71H119N5O11S. The van der Waals surface area contributed by atoms with E-state index in [9.17, 15) is 24.0 Å². The summed E-state index contributed by atoms with van der Waals surface area (Å²) in [6, 6.07) is 0. The summed E-state index contributed by atoms with van der Waals surface area (Å²) in [6.45, 7) is 31.4. The van der Waals surface area contributed by atoms with Crippen molar-refractivity contribution in [1.82, 2.24) is 0 Å². The van der Waals surface area contributed by atoms with E-state index in [1.165, 1.54) is 7.11 Å². The molecular weight excluding hydrogens is 1130 g/mol. The zero-order valence-electron chi connectivity index (χ0n) is 57.0. The molecule has 0 aromatic heterocycles. The SMILES string of the molecule is CC(C)(C)OC(=O)C[C@@]1(CN)C[C@@H]2CC=C[C@@H]21.CC(C)(C)OC(=O)C[C@@]1(CN)C[C@H]2CC=C[C@H]21.CC(C)(C)OC(=O)C[C@@]1(CN)C[C@H]2CC=C[C@H]21.CC(C)(C)OC(=O)C[C@]1(CN)C[C@@H]2CC=C[C@@H]21.CC(C)(C)OC(=O)C[C@]1(CN)C[C@H]2CC=C[C@H]21.COS. The molecule has 15 atom stereocenters. The Morgan fingerprint density at radius 1 is 0.341 bits per heavy atom. The van der Waals surface area contributed by atoms with E-state index < -0.39 is 28.0 Å². The van der Waals surface area contributed by atoms with Crippen molar-refractivity contribution in [3.63, 3.8) is 0 Å². The van der Waals surface area contributed by atoms with E-state index in [1.54, 1.807) is 0 Å². The molecule has 10 aliphatic rings. The first-order valence-electron chi connectivity index (χ1n) is 32.8. The highest BCUT2D eigenvalue weighted by Crippen LogP contribution is 2.61. The average molecular weight is 1250 g/mol. The molecule has 0 bridgehead atoms. The van der Waals surface area contributed by atoms with Crippen LogP contribution in [0, 0.1) is 86.3 Å². The number of esters is 5. The number of hydrogen-bond acceptors (Lipinski definition) is 17. The maximum Gasteiger partial charge on any atom is 0.306 e. The number of ether oxygens (including phenoxy) is 5. The van der Waals surface area contributed by atoms with Crippen molar-refractivity contribution in [3.05, 3.63) is 60.8 Å². The highest BCUT2D eigenvalue weighted by atomic mass is 32.1. The number of thiol groups is 1. The molecule has 0 spiro atoms. The monoisotopic (exact) mass is 1250 g/mol. The van der Waals surface area contributed by atoms with Crippen molar-refractivity contribution in [2.24, 2.45) is 115 Å². The van der Waals surface area contributed by atoms with E-state index in [0.29, 0.717) is 94.4 Å². The van der Waals surface area contributed by atoms with E-state index in [1.807, 2.05) is 104 Å². The molecule has 0 unspecified atom stereocenters. The van der Waals surface area contributed by atoms with Crippen LogP contribution in [0.5, 0.6) is 0 Å². The summed E-state index contributed by atoms with van der Waals surface area (Å²) in [5.41, 5.74) is 27.3. The van der Waals surface area contributed by atoms with Crippen LogP contribution in [0.3, 0.4) is 0 Å². The van der Waals surface area contributed by atoms with Gasteiger partial charge in [0.15, 0.2) is 0 Å². The summed E-state index contributed by atoms with van der Waals surface area (Å²) in [5, 5.41) is 0. The molecule has 0 aromatic carbocycles. The number of carbonyl (C=O) groups excluding carboxylic acids is 5. The zero-order chi connectivity index (χ0) is 66.1. The molecule has 0 aromatic rings. The second-order valence-corrected chi connectivity index (χ2v) is 33.0. The van der Waals surface area contributed by atoms with Gasteiger partial charge in [0.05, 0.1) is 32.1 Å². The van der Waals surface area contributed by atoms with Crippen LogP contribution in [0.2, 0.25) is 0 Å². The van der Waals surface area contributed by atoms with Crippen LogP contribution in [0.25, 0.3) is 0 Å². The lowest BCUT2D eigenvalue weighted by atomic mass is 9.53. The Bertz CT molecular complexity index is 2140. The van der Waals surface area contributed by atoms with Crippen molar-refractivity contribution >= 4 is 42.8 Å². The summed E-state index contributed by atoms with van der Waals surface area (Å²) in [4.78, 5) is 59.6. The molecule has 10 aliphatic carbocycles. The first-order valence-corrected chi connectivity index (χ1v) is 33.2. The third-order valence-corrected chi connectivity index (χ3v) is 19.9. The van der Waals surface area contributed by atoms with Gasteiger partial charge in [0, 0.05) is 7.11 Å². The second kappa shape index (κ2) is 29.8. The van der Waals surface area contributed by atoms with Gasteiger partial charge in [-0.3, -0.25) is 24.0 Å². The Hall–Kier alpha value is -3.84. The number of fused-ring (bicyclic) bond motifs is 5. The largest absolute Gasteiger partial charge is 0.460 e. The number of rotatable bonds is 15. The number of hydrogen-bond donors (Lipinski definition) is 6. The average Bonchev–Trinajstić information content (AvgIpc) is 1.49. The fourth-order valence-corrected chi connectivity index (χ4v) is 16.3. The van der Waals surface area contributed by atoms with Gasteiger partial charge in [-0.2, -0.15) is 0 Å². The minimum absolute atomic E-state index is 0.0278. The Morgan fingerprint density at radius 3 is 0.580 bits per heavy atom. The van der Waals surface area contributed by atoms with E-state index in [4.69, 9.17) is 52.4 Å².